The molecular weight excluding hydrogens is 346 g/mol. The van der Waals surface area contributed by atoms with E-state index in [4.69, 9.17) is 19.9 Å². The third kappa shape index (κ3) is 2.87. The Hall–Kier alpha value is -2.70. The first kappa shape index (κ1) is 16.8. The van der Waals surface area contributed by atoms with Crippen molar-refractivity contribution in [3.63, 3.8) is 0 Å². The molecule has 0 fully saturated rings. The molecule has 132 valence electrons. The normalized spacial score (nSPS) is 16.2. The van der Waals surface area contributed by atoms with Crippen molar-refractivity contribution in [3.05, 3.63) is 72.0 Å². The van der Waals surface area contributed by atoms with E-state index in [0.717, 1.165) is 28.4 Å². The summed E-state index contributed by atoms with van der Waals surface area (Å²) in [7, 11) is 1.65. The van der Waals surface area contributed by atoms with E-state index in [0.29, 0.717) is 5.88 Å². The van der Waals surface area contributed by atoms with E-state index in [9.17, 15) is 0 Å². The molecule has 4 rings (SSSR count). The Balaban J connectivity index is 1.82. The summed E-state index contributed by atoms with van der Waals surface area (Å²) in [4.78, 5) is 7.96. The molecule has 2 aromatic carbocycles. The van der Waals surface area contributed by atoms with Gasteiger partial charge in [-0.05, 0) is 60.9 Å². The highest BCUT2D eigenvalue weighted by atomic mass is 32.2. The molecule has 0 aliphatic carbocycles. The largest absolute Gasteiger partial charge is 0.497 e. The molecule has 0 saturated carbocycles. The molecule has 2 N–H and O–H groups in total. The number of thioether (sulfide) groups is 1. The Morgan fingerprint density at radius 2 is 1.81 bits per heavy atom. The molecule has 2 heterocycles. The second-order valence-electron chi connectivity index (χ2n) is 5.86. The van der Waals surface area contributed by atoms with Crippen LogP contribution in [0.1, 0.15) is 17.3 Å². The summed E-state index contributed by atoms with van der Waals surface area (Å²) in [5, 5.41) is 0. The van der Waals surface area contributed by atoms with E-state index in [1.54, 1.807) is 25.1 Å². The number of fused-ring (bicyclic) bond motifs is 1. The van der Waals surface area contributed by atoms with Crippen LogP contribution in [-0.2, 0) is 0 Å². The fraction of sp³-hybridized carbons (Fsp3) is 0.150. The number of anilines is 1. The van der Waals surface area contributed by atoms with Crippen LogP contribution in [0.3, 0.4) is 0 Å². The Labute approximate surface area is 156 Å². The second kappa shape index (κ2) is 6.90. The van der Waals surface area contributed by atoms with Crippen LogP contribution in [0, 0.1) is 0 Å². The number of ether oxygens (including phenoxy) is 1. The van der Waals surface area contributed by atoms with E-state index in [-0.39, 0.29) is 6.17 Å². The average Bonchev–Trinajstić information content (AvgIpc) is 3.17. The fourth-order valence-corrected chi connectivity index (χ4v) is 3.43. The van der Waals surface area contributed by atoms with E-state index in [1.807, 2.05) is 35.2 Å². The van der Waals surface area contributed by atoms with Gasteiger partial charge in [0.25, 0.3) is 0 Å². The van der Waals surface area contributed by atoms with Gasteiger partial charge in [-0.15, -0.1) is 11.8 Å². The van der Waals surface area contributed by atoms with Gasteiger partial charge >= 0.3 is 0 Å². The van der Waals surface area contributed by atoms with E-state index < -0.39 is 0 Å². The number of furan rings is 1. The second-order valence-corrected chi connectivity index (χ2v) is 6.74. The monoisotopic (exact) mass is 365 g/mol. The zero-order valence-electron chi connectivity index (χ0n) is 14.5. The van der Waals surface area contributed by atoms with Crippen molar-refractivity contribution in [2.75, 3.05) is 18.3 Å². The summed E-state index contributed by atoms with van der Waals surface area (Å²) in [6.07, 6.45) is 3.31. The minimum absolute atomic E-state index is 0.376. The van der Waals surface area contributed by atoms with E-state index >= 15 is 0 Å². The Morgan fingerprint density at radius 1 is 1.08 bits per heavy atom. The number of nitrogens with zero attached hydrogens (tertiary/aromatic N) is 2. The molecule has 1 aliphatic heterocycles. The van der Waals surface area contributed by atoms with Gasteiger partial charge in [-0.2, -0.15) is 4.99 Å². The Bertz CT molecular complexity index is 932. The highest BCUT2D eigenvalue weighted by Crippen LogP contribution is 2.38. The molecule has 0 amide bonds. The summed E-state index contributed by atoms with van der Waals surface area (Å²) < 4.78 is 10.8. The lowest BCUT2D eigenvalue weighted by Crippen LogP contribution is -2.41. The van der Waals surface area contributed by atoms with Crippen molar-refractivity contribution in [2.24, 2.45) is 10.7 Å². The van der Waals surface area contributed by atoms with Crippen LogP contribution in [0.4, 0.5) is 11.6 Å². The number of benzene rings is 2. The number of hydrogen-bond donors (Lipinski definition) is 1. The van der Waals surface area contributed by atoms with Crippen LogP contribution in [0.5, 0.6) is 5.75 Å². The number of nitrogens with two attached hydrogens (primary N) is 1. The quantitative estimate of drug-likeness (QED) is 0.686. The van der Waals surface area contributed by atoms with E-state index in [2.05, 4.69) is 30.5 Å². The van der Waals surface area contributed by atoms with Crippen LogP contribution < -0.4 is 15.4 Å². The van der Waals surface area contributed by atoms with Crippen LogP contribution in [0.25, 0.3) is 0 Å². The number of rotatable bonds is 4. The zero-order valence-corrected chi connectivity index (χ0v) is 15.4. The summed E-state index contributed by atoms with van der Waals surface area (Å²) in [6, 6.07) is 17.9. The van der Waals surface area contributed by atoms with Gasteiger partial charge in [0.1, 0.15) is 17.8 Å². The first-order valence-corrected chi connectivity index (χ1v) is 9.43. The number of hydrogen-bond acceptors (Lipinski definition) is 6. The fourth-order valence-electron chi connectivity index (χ4n) is 3.02. The van der Waals surface area contributed by atoms with Crippen molar-refractivity contribution < 1.29 is 9.15 Å². The Kier molecular flexibility index (Phi) is 4.44. The van der Waals surface area contributed by atoms with Gasteiger partial charge in [-0.25, -0.2) is 0 Å². The van der Waals surface area contributed by atoms with Crippen LogP contribution >= 0.6 is 11.8 Å². The lowest BCUT2D eigenvalue weighted by Gasteiger charge is -2.34. The first-order chi connectivity index (χ1) is 12.7. The molecule has 0 spiro atoms. The lowest BCUT2D eigenvalue weighted by atomic mass is 10.1. The molecule has 1 aromatic heterocycles. The summed E-state index contributed by atoms with van der Waals surface area (Å²) >= 11 is 1.71. The standard InChI is InChI=1S/C20H19N3O2S/c1-24-15-7-3-13(4-8-15)19-22-20-17(11-12-25-20)18(21)23(19)14-5-9-16(26-2)10-6-14/h3-12,18H,21H2,1-2H3. The molecule has 5 nitrogen and oxygen atoms in total. The molecule has 1 unspecified atom stereocenters. The molecule has 26 heavy (non-hydrogen) atoms. The van der Waals surface area contributed by atoms with Crippen LogP contribution in [0.15, 0.2) is 75.2 Å². The van der Waals surface area contributed by atoms with Crippen LogP contribution in [-0.4, -0.2) is 19.2 Å². The summed E-state index contributed by atoms with van der Waals surface area (Å²) in [6.45, 7) is 0. The maximum Gasteiger partial charge on any atom is 0.227 e. The zero-order chi connectivity index (χ0) is 18.1. The van der Waals surface area contributed by atoms with Crippen molar-refractivity contribution in [1.82, 2.24) is 0 Å². The van der Waals surface area contributed by atoms with Crippen molar-refractivity contribution in [3.8, 4) is 5.75 Å². The lowest BCUT2D eigenvalue weighted by molar-refractivity contribution is 0.415. The van der Waals surface area contributed by atoms with Crippen molar-refractivity contribution >= 4 is 29.2 Å². The maximum atomic E-state index is 6.58. The molecule has 0 bridgehead atoms. The summed E-state index contributed by atoms with van der Waals surface area (Å²) in [5.41, 5.74) is 9.37. The maximum absolute atomic E-state index is 6.58. The highest BCUT2D eigenvalue weighted by molar-refractivity contribution is 7.98. The van der Waals surface area contributed by atoms with E-state index in [1.165, 1.54) is 4.90 Å². The molecular formula is C20H19N3O2S. The van der Waals surface area contributed by atoms with Gasteiger partial charge < -0.3 is 19.8 Å². The van der Waals surface area contributed by atoms with Gasteiger partial charge in [-0.1, -0.05) is 0 Å². The van der Waals surface area contributed by atoms with Crippen molar-refractivity contribution in [1.29, 1.82) is 0 Å². The minimum atomic E-state index is -0.376. The predicted octanol–water partition coefficient (Wildman–Crippen LogP) is 4.57. The number of methoxy groups -OCH3 is 1. The number of amidine groups is 1. The minimum Gasteiger partial charge on any atom is -0.497 e. The number of aliphatic imine (C=N–C) groups is 1. The predicted molar refractivity (Wildman–Crippen MR) is 106 cm³/mol. The van der Waals surface area contributed by atoms with Crippen molar-refractivity contribution in [2.45, 2.75) is 11.1 Å². The van der Waals surface area contributed by atoms with Crippen LogP contribution in [0.2, 0.25) is 0 Å². The van der Waals surface area contributed by atoms with Gasteiger partial charge in [0.2, 0.25) is 5.88 Å². The molecule has 3 aromatic rings. The summed E-state index contributed by atoms with van der Waals surface area (Å²) in [5.74, 6) is 2.10. The topological polar surface area (TPSA) is 64.0 Å². The SMILES string of the molecule is COc1ccc(C2=Nc3occc3C(N)N2c2ccc(SC)cc2)cc1. The van der Waals surface area contributed by atoms with Gasteiger partial charge in [0, 0.05) is 16.1 Å². The smallest absolute Gasteiger partial charge is 0.227 e. The van der Waals surface area contributed by atoms with Gasteiger partial charge in [-0.3, -0.25) is 0 Å². The first-order valence-electron chi connectivity index (χ1n) is 8.20. The van der Waals surface area contributed by atoms with Gasteiger partial charge in [0.15, 0.2) is 0 Å². The third-order valence-corrected chi connectivity index (χ3v) is 5.15. The Morgan fingerprint density at radius 3 is 2.46 bits per heavy atom. The molecule has 0 saturated heterocycles. The van der Waals surface area contributed by atoms with Gasteiger partial charge in [0.05, 0.1) is 18.9 Å². The highest BCUT2D eigenvalue weighted by Gasteiger charge is 2.31. The average molecular weight is 365 g/mol. The molecule has 6 heteroatoms. The molecule has 1 atom stereocenters. The molecule has 1 aliphatic rings. The third-order valence-electron chi connectivity index (χ3n) is 4.41. The molecule has 0 radical (unpaired) electrons.